The van der Waals surface area contributed by atoms with E-state index in [1.54, 1.807) is 12.1 Å². The van der Waals surface area contributed by atoms with Gasteiger partial charge in [0, 0.05) is 25.1 Å². The lowest BCUT2D eigenvalue weighted by atomic mass is 9.83. The summed E-state index contributed by atoms with van der Waals surface area (Å²) in [5.74, 6) is -0.324. The van der Waals surface area contributed by atoms with Crippen molar-refractivity contribution >= 4 is 11.9 Å². The van der Waals surface area contributed by atoms with E-state index in [0.717, 1.165) is 24.0 Å². The van der Waals surface area contributed by atoms with E-state index in [2.05, 4.69) is 18.2 Å². The molecule has 1 fully saturated rings. The number of fused-ring (bicyclic) bond motifs is 3. The number of amides is 1. The van der Waals surface area contributed by atoms with Gasteiger partial charge in [-0.1, -0.05) is 54.6 Å². The number of hydrogen-bond acceptors (Lipinski definition) is 4. The number of carbonyl (C=O) groups excluding carboxylic acids is 2. The second kappa shape index (κ2) is 7.85. The van der Waals surface area contributed by atoms with Crippen molar-refractivity contribution < 1.29 is 19.1 Å². The lowest BCUT2D eigenvalue weighted by Crippen LogP contribution is -2.45. The SMILES string of the molecule is O=C1OC(c2ccccc2)Cc2cc(C(=O)N3CCC4(CC3)OCc3ccccc34)ccc21. The van der Waals surface area contributed by atoms with Crippen LogP contribution in [-0.4, -0.2) is 29.9 Å². The average Bonchev–Trinajstić information content (AvgIpc) is 3.22. The van der Waals surface area contributed by atoms with E-state index >= 15 is 0 Å². The molecule has 33 heavy (non-hydrogen) atoms. The van der Waals surface area contributed by atoms with Crippen LogP contribution in [0.25, 0.3) is 0 Å². The van der Waals surface area contributed by atoms with Gasteiger partial charge in [-0.3, -0.25) is 4.79 Å². The molecule has 0 N–H and O–H groups in total. The molecule has 1 spiro atoms. The van der Waals surface area contributed by atoms with E-state index in [1.807, 2.05) is 47.4 Å². The maximum atomic E-state index is 13.3. The zero-order chi connectivity index (χ0) is 22.4. The molecule has 1 atom stereocenters. The quantitative estimate of drug-likeness (QED) is 0.538. The Morgan fingerprint density at radius 3 is 2.48 bits per heavy atom. The first-order chi connectivity index (χ1) is 16.1. The highest BCUT2D eigenvalue weighted by Gasteiger charge is 2.43. The van der Waals surface area contributed by atoms with Gasteiger partial charge in [-0.2, -0.15) is 0 Å². The van der Waals surface area contributed by atoms with Crippen molar-refractivity contribution in [3.63, 3.8) is 0 Å². The number of likely N-dealkylation sites (tertiary alicyclic amines) is 1. The summed E-state index contributed by atoms with van der Waals surface area (Å²) in [5, 5.41) is 0. The molecule has 3 aliphatic heterocycles. The third kappa shape index (κ3) is 3.44. The normalized spacial score (nSPS) is 20.8. The van der Waals surface area contributed by atoms with Gasteiger partial charge in [0.1, 0.15) is 6.10 Å². The Balaban J connectivity index is 1.20. The molecular formula is C28H25NO4. The smallest absolute Gasteiger partial charge is 0.339 e. The van der Waals surface area contributed by atoms with E-state index < -0.39 is 0 Å². The van der Waals surface area contributed by atoms with Crippen molar-refractivity contribution in [1.29, 1.82) is 0 Å². The van der Waals surface area contributed by atoms with Gasteiger partial charge < -0.3 is 14.4 Å². The zero-order valence-corrected chi connectivity index (χ0v) is 18.3. The van der Waals surface area contributed by atoms with Crippen LogP contribution < -0.4 is 0 Å². The Morgan fingerprint density at radius 1 is 0.909 bits per heavy atom. The molecule has 1 amide bonds. The number of benzene rings is 3. The minimum atomic E-state index is -0.332. The molecule has 0 aliphatic carbocycles. The Bertz CT molecular complexity index is 1230. The third-order valence-electron chi connectivity index (χ3n) is 7.27. The molecule has 0 aromatic heterocycles. The summed E-state index contributed by atoms with van der Waals surface area (Å²) in [5.41, 5.74) is 5.27. The van der Waals surface area contributed by atoms with Crippen LogP contribution >= 0.6 is 0 Å². The van der Waals surface area contributed by atoms with Gasteiger partial charge in [0.05, 0.1) is 17.8 Å². The van der Waals surface area contributed by atoms with Gasteiger partial charge in [0.2, 0.25) is 0 Å². The molecule has 0 bridgehead atoms. The van der Waals surface area contributed by atoms with E-state index in [1.165, 1.54) is 11.1 Å². The maximum absolute atomic E-state index is 13.3. The third-order valence-corrected chi connectivity index (χ3v) is 7.27. The molecular weight excluding hydrogens is 414 g/mol. The highest BCUT2D eigenvalue weighted by Crippen LogP contribution is 2.44. The molecule has 5 nitrogen and oxygen atoms in total. The lowest BCUT2D eigenvalue weighted by molar-refractivity contribution is -0.0741. The standard InChI is InChI=1S/C28H25NO4/c30-26(29-14-12-28(13-15-29)24-9-5-4-8-21(24)18-32-28)20-10-11-23-22(16-20)17-25(33-27(23)31)19-6-2-1-3-7-19/h1-11,16,25H,12-15,17-18H2. The fourth-order valence-corrected chi connectivity index (χ4v) is 5.43. The van der Waals surface area contributed by atoms with Crippen molar-refractivity contribution in [3.8, 4) is 0 Å². The number of cyclic esters (lactones) is 1. The fourth-order valence-electron chi connectivity index (χ4n) is 5.43. The van der Waals surface area contributed by atoms with E-state index in [0.29, 0.717) is 37.2 Å². The van der Waals surface area contributed by atoms with Crippen LogP contribution in [0.2, 0.25) is 0 Å². The molecule has 6 rings (SSSR count). The highest BCUT2D eigenvalue weighted by atomic mass is 16.5. The first-order valence-corrected chi connectivity index (χ1v) is 11.5. The summed E-state index contributed by atoms with van der Waals surface area (Å²) < 4.78 is 11.9. The van der Waals surface area contributed by atoms with Crippen molar-refractivity contribution in [1.82, 2.24) is 4.90 Å². The van der Waals surface area contributed by atoms with Crippen LogP contribution in [0.5, 0.6) is 0 Å². The lowest BCUT2D eigenvalue weighted by Gasteiger charge is -2.39. The number of esters is 1. The zero-order valence-electron chi connectivity index (χ0n) is 18.3. The van der Waals surface area contributed by atoms with Gasteiger partial charge in [0.15, 0.2) is 0 Å². The van der Waals surface area contributed by atoms with Gasteiger partial charge in [-0.15, -0.1) is 0 Å². The van der Waals surface area contributed by atoms with Crippen LogP contribution in [0, 0.1) is 0 Å². The number of hydrogen-bond donors (Lipinski definition) is 0. The summed E-state index contributed by atoms with van der Waals surface area (Å²) in [6, 6.07) is 23.5. The fraction of sp³-hybridized carbons (Fsp3) is 0.286. The van der Waals surface area contributed by atoms with Crippen LogP contribution in [0.1, 0.15) is 61.9 Å². The van der Waals surface area contributed by atoms with Crippen LogP contribution in [0.15, 0.2) is 72.8 Å². The summed E-state index contributed by atoms with van der Waals surface area (Å²) in [7, 11) is 0. The van der Waals surface area contributed by atoms with Gasteiger partial charge in [-0.25, -0.2) is 4.79 Å². The van der Waals surface area contributed by atoms with Crippen molar-refractivity contribution in [3.05, 3.63) is 106 Å². The minimum absolute atomic E-state index is 0.00846. The molecule has 0 radical (unpaired) electrons. The molecule has 3 aromatic carbocycles. The number of rotatable bonds is 2. The molecule has 1 saturated heterocycles. The molecule has 3 heterocycles. The van der Waals surface area contributed by atoms with Crippen LogP contribution in [-0.2, 0) is 28.1 Å². The Morgan fingerprint density at radius 2 is 1.67 bits per heavy atom. The summed E-state index contributed by atoms with van der Waals surface area (Å²) >= 11 is 0. The second-order valence-corrected chi connectivity index (χ2v) is 9.11. The number of piperidine rings is 1. The van der Waals surface area contributed by atoms with Gasteiger partial charge in [-0.05, 0) is 53.3 Å². The molecule has 0 saturated carbocycles. The van der Waals surface area contributed by atoms with Crippen LogP contribution in [0.3, 0.4) is 0 Å². The predicted molar refractivity (Wildman–Crippen MR) is 123 cm³/mol. The van der Waals surface area contributed by atoms with Crippen molar-refractivity contribution in [2.45, 2.75) is 37.6 Å². The first-order valence-electron chi connectivity index (χ1n) is 11.5. The average molecular weight is 440 g/mol. The van der Waals surface area contributed by atoms with E-state index in [9.17, 15) is 9.59 Å². The maximum Gasteiger partial charge on any atom is 0.339 e. The highest BCUT2D eigenvalue weighted by molar-refractivity contribution is 5.98. The summed E-state index contributed by atoms with van der Waals surface area (Å²) in [4.78, 5) is 27.8. The van der Waals surface area contributed by atoms with Crippen molar-refractivity contribution in [2.24, 2.45) is 0 Å². The monoisotopic (exact) mass is 439 g/mol. The minimum Gasteiger partial charge on any atom is -0.454 e. The largest absolute Gasteiger partial charge is 0.454 e. The molecule has 5 heteroatoms. The molecule has 3 aromatic rings. The van der Waals surface area contributed by atoms with Crippen molar-refractivity contribution in [2.75, 3.05) is 13.1 Å². The Kier molecular flexibility index (Phi) is 4.80. The van der Waals surface area contributed by atoms with E-state index in [-0.39, 0.29) is 23.6 Å². The van der Waals surface area contributed by atoms with E-state index in [4.69, 9.17) is 9.47 Å². The van der Waals surface area contributed by atoms with Gasteiger partial charge >= 0.3 is 5.97 Å². The second-order valence-electron chi connectivity index (χ2n) is 9.11. The Labute approximate surface area is 192 Å². The Hall–Kier alpha value is -3.44. The van der Waals surface area contributed by atoms with Crippen LogP contribution in [0.4, 0.5) is 0 Å². The summed E-state index contributed by atoms with van der Waals surface area (Å²) in [6.45, 7) is 1.95. The number of nitrogens with zero attached hydrogens (tertiary/aromatic N) is 1. The topological polar surface area (TPSA) is 55.8 Å². The van der Waals surface area contributed by atoms with Gasteiger partial charge in [0.25, 0.3) is 5.91 Å². The number of carbonyl (C=O) groups is 2. The predicted octanol–water partition coefficient (Wildman–Crippen LogP) is 4.80. The molecule has 166 valence electrons. The summed E-state index contributed by atoms with van der Waals surface area (Å²) in [6.07, 6.45) is 1.83. The number of ether oxygens (including phenoxy) is 2. The molecule has 3 aliphatic rings. The first kappa shape index (κ1) is 20.2. The molecule has 1 unspecified atom stereocenters.